The molecule has 260 valence electrons. The molecule has 0 aliphatic heterocycles. The van der Waals surface area contributed by atoms with Crippen LogP contribution in [0.4, 0.5) is 5.69 Å². The Balaban J connectivity index is 0.000000313. The van der Waals surface area contributed by atoms with Crippen LogP contribution in [0.15, 0.2) is 164 Å². The fraction of sp³-hybridized carbons (Fsp3) is 0.208. The fourth-order valence-electron chi connectivity index (χ4n) is 5.35. The van der Waals surface area contributed by atoms with E-state index in [4.69, 9.17) is 10.3 Å². The van der Waals surface area contributed by atoms with Gasteiger partial charge in [-0.2, -0.15) is 55.7 Å². The first-order chi connectivity index (χ1) is 24.1. The molecule has 0 aliphatic carbocycles. The van der Waals surface area contributed by atoms with Gasteiger partial charge in [0.05, 0.1) is 0 Å². The quantitative estimate of drug-likeness (QED) is 0.142. The number of para-hydroxylation sites is 1. The van der Waals surface area contributed by atoms with Crippen LogP contribution in [-0.4, -0.2) is 4.98 Å². The number of hydrogen-bond acceptors (Lipinski definition) is 1. The Hall–Kier alpha value is -4.33. The minimum Gasteiger partial charge on any atom is -0.674 e. The predicted molar refractivity (Wildman–Crippen MR) is 217 cm³/mol. The molecule has 51 heavy (non-hydrogen) atoms. The third-order valence-corrected chi connectivity index (χ3v) is 8.13. The maximum atomic E-state index is 5.44. The molecule has 0 saturated heterocycles. The standard InChI is InChI=1S/C26H31N2.C8H9.2C7H7.Zr/c1-19(2)22-14-11-15-23(20(3)4)25(22)28-26(5,24-16-9-10-17-27-24)18-21-12-7-6-8-13-21;1-2-8-6-4-3-5-7-8;2*1-7-5-3-2-4-6-7;/h6-17,19-20H,18H2,1-5H3;3-7H,1-2H2;2*2-6H,1H2;/q4*-1;+4. The minimum absolute atomic E-state index is 0. The summed E-state index contributed by atoms with van der Waals surface area (Å²) in [6.07, 6.45) is 3.57. The van der Waals surface area contributed by atoms with Crippen molar-refractivity contribution < 1.29 is 26.2 Å². The van der Waals surface area contributed by atoms with E-state index < -0.39 is 5.54 Å². The third kappa shape index (κ3) is 15.2. The Morgan fingerprint density at radius 2 is 0.961 bits per heavy atom. The van der Waals surface area contributed by atoms with E-state index in [1.807, 2.05) is 91.1 Å². The van der Waals surface area contributed by atoms with Gasteiger partial charge in [-0.3, -0.25) is 4.98 Å². The molecule has 0 N–H and O–H groups in total. The maximum Gasteiger partial charge on any atom is 4.00 e. The van der Waals surface area contributed by atoms with Gasteiger partial charge in [-0.05, 0) is 36.0 Å². The zero-order chi connectivity index (χ0) is 36.2. The summed E-state index contributed by atoms with van der Waals surface area (Å²) >= 11 is 0. The predicted octanol–water partition coefficient (Wildman–Crippen LogP) is 13.3. The first kappa shape index (κ1) is 42.8. The van der Waals surface area contributed by atoms with Crippen molar-refractivity contribution in [2.24, 2.45) is 0 Å². The molecule has 0 amide bonds. The summed E-state index contributed by atoms with van der Waals surface area (Å²) in [6, 6.07) is 53.3. The Bertz CT molecular complexity index is 1680. The van der Waals surface area contributed by atoms with Gasteiger partial charge in [-0.15, -0.1) is 30.0 Å². The van der Waals surface area contributed by atoms with Crippen molar-refractivity contribution in [1.29, 1.82) is 0 Å². The van der Waals surface area contributed by atoms with Crippen molar-refractivity contribution in [3.8, 4) is 0 Å². The number of hydrogen-bond donors (Lipinski definition) is 0. The second-order valence-corrected chi connectivity index (χ2v) is 13.1. The zero-order valence-corrected chi connectivity index (χ0v) is 33.6. The van der Waals surface area contributed by atoms with Crippen molar-refractivity contribution >= 4 is 5.69 Å². The summed E-state index contributed by atoms with van der Waals surface area (Å²) < 4.78 is 0. The smallest absolute Gasteiger partial charge is 0.674 e. The molecule has 3 heteroatoms. The molecule has 1 aromatic heterocycles. The van der Waals surface area contributed by atoms with Gasteiger partial charge in [0.15, 0.2) is 0 Å². The van der Waals surface area contributed by atoms with Crippen molar-refractivity contribution in [3.63, 3.8) is 0 Å². The summed E-state index contributed by atoms with van der Waals surface area (Å²) in [6.45, 7) is 22.4. The number of nitrogens with zero attached hydrogens (tertiary/aromatic N) is 2. The molecule has 5 aromatic carbocycles. The average molecular weight is 750 g/mol. The zero-order valence-electron chi connectivity index (χ0n) is 31.2. The number of rotatable bonds is 8. The number of pyridine rings is 1. The van der Waals surface area contributed by atoms with Gasteiger partial charge in [0.2, 0.25) is 0 Å². The van der Waals surface area contributed by atoms with Crippen LogP contribution in [0.25, 0.3) is 5.32 Å². The van der Waals surface area contributed by atoms with E-state index >= 15 is 0 Å². The van der Waals surface area contributed by atoms with Crippen LogP contribution in [0, 0.1) is 20.8 Å². The van der Waals surface area contributed by atoms with Gasteiger partial charge in [-0.1, -0.05) is 154 Å². The van der Waals surface area contributed by atoms with E-state index in [2.05, 4.69) is 128 Å². The van der Waals surface area contributed by atoms with Crippen molar-refractivity contribution in [3.05, 3.63) is 229 Å². The Morgan fingerprint density at radius 3 is 1.29 bits per heavy atom. The van der Waals surface area contributed by atoms with E-state index in [0.717, 1.165) is 35.3 Å². The van der Waals surface area contributed by atoms with E-state index in [9.17, 15) is 0 Å². The van der Waals surface area contributed by atoms with Crippen molar-refractivity contribution in [2.75, 3.05) is 0 Å². The van der Waals surface area contributed by atoms with Gasteiger partial charge >= 0.3 is 26.2 Å². The van der Waals surface area contributed by atoms with E-state index in [0.29, 0.717) is 11.8 Å². The van der Waals surface area contributed by atoms with Crippen LogP contribution in [0.2, 0.25) is 0 Å². The number of benzene rings is 5. The Kier molecular flexibility index (Phi) is 19.5. The molecule has 1 atom stereocenters. The normalized spacial score (nSPS) is 11.2. The van der Waals surface area contributed by atoms with Crippen LogP contribution in [0.1, 0.15) is 85.5 Å². The second-order valence-electron chi connectivity index (χ2n) is 13.1. The fourth-order valence-corrected chi connectivity index (χ4v) is 5.35. The summed E-state index contributed by atoms with van der Waals surface area (Å²) in [7, 11) is 0. The van der Waals surface area contributed by atoms with Crippen LogP contribution < -0.4 is 0 Å². The van der Waals surface area contributed by atoms with Gasteiger partial charge in [0.25, 0.3) is 0 Å². The van der Waals surface area contributed by atoms with Gasteiger partial charge in [0, 0.05) is 11.9 Å². The molecule has 2 nitrogen and oxygen atoms in total. The first-order valence-corrected chi connectivity index (χ1v) is 17.5. The van der Waals surface area contributed by atoms with Gasteiger partial charge < -0.3 is 12.2 Å². The van der Waals surface area contributed by atoms with Crippen LogP contribution in [0.3, 0.4) is 0 Å². The van der Waals surface area contributed by atoms with Crippen LogP contribution >= 0.6 is 0 Å². The average Bonchev–Trinajstić information content (AvgIpc) is 3.14. The molecule has 0 spiro atoms. The van der Waals surface area contributed by atoms with Crippen molar-refractivity contribution in [2.45, 2.75) is 64.8 Å². The first-order valence-electron chi connectivity index (χ1n) is 17.5. The summed E-state index contributed by atoms with van der Waals surface area (Å²) in [5.74, 6) is 0.837. The van der Waals surface area contributed by atoms with Crippen LogP contribution in [-0.2, 0) is 44.6 Å². The Morgan fingerprint density at radius 1 is 0.549 bits per heavy atom. The third-order valence-electron chi connectivity index (χ3n) is 8.13. The largest absolute Gasteiger partial charge is 4.00 e. The van der Waals surface area contributed by atoms with Gasteiger partial charge in [-0.25, -0.2) is 0 Å². The molecule has 0 bridgehead atoms. The molecule has 1 heterocycles. The number of aromatic nitrogens is 1. The molecule has 0 aliphatic rings. The minimum atomic E-state index is -0.433. The van der Waals surface area contributed by atoms with E-state index in [1.54, 1.807) is 0 Å². The maximum absolute atomic E-state index is 5.44. The van der Waals surface area contributed by atoms with E-state index in [1.165, 1.54) is 22.3 Å². The molecule has 0 radical (unpaired) electrons. The second kappa shape index (κ2) is 23.2. The molecular weight excluding hydrogens is 696 g/mol. The molecule has 6 rings (SSSR count). The molecule has 1 unspecified atom stereocenters. The molecule has 6 aromatic rings. The van der Waals surface area contributed by atoms with Gasteiger partial charge in [0.1, 0.15) is 0 Å². The Labute approximate surface area is 328 Å². The monoisotopic (exact) mass is 748 g/mol. The molecule has 0 fully saturated rings. The summed E-state index contributed by atoms with van der Waals surface area (Å²) in [5.41, 5.74) is 9.04. The SMILES string of the molecule is CC(C)c1cccc(C(C)C)c1[N-]C(C)(Cc1ccccc1)c1ccccn1.[CH2-]Cc1ccccc1.[CH2-]c1ccccc1.[CH2-]c1ccccc1.[Zr+4]. The topological polar surface area (TPSA) is 27.0 Å². The summed E-state index contributed by atoms with van der Waals surface area (Å²) in [4.78, 5) is 4.70. The van der Waals surface area contributed by atoms with Crippen LogP contribution in [0.5, 0.6) is 0 Å². The summed E-state index contributed by atoms with van der Waals surface area (Å²) in [5, 5.41) is 5.44. The van der Waals surface area contributed by atoms with Crippen molar-refractivity contribution in [1.82, 2.24) is 4.98 Å². The molecular formula is C48H54N2Zr. The van der Waals surface area contributed by atoms with E-state index in [-0.39, 0.29) is 26.2 Å². The molecule has 0 saturated carbocycles.